The summed E-state index contributed by atoms with van der Waals surface area (Å²) in [5.41, 5.74) is 10.3. The van der Waals surface area contributed by atoms with E-state index in [1.54, 1.807) is 36.4 Å². The molecule has 0 bridgehead atoms. The van der Waals surface area contributed by atoms with Crippen LogP contribution in [0.5, 0.6) is 0 Å². The number of esters is 1. The zero-order valence-corrected chi connectivity index (χ0v) is 17.0. The largest absolute Gasteiger partial charge is 0.465 e. The van der Waals surface area contributed by atoms with Crippen LogP contribution in [0.25, 0.3) is 0 Å². The van der Waals surface area contributed by atoms with Gasteiger partial charge in [0.25, 0.3) is 10.0 Å². The van der Waals surface area contributed by atoms with Gasteiger partial charge in [-0.1, -0.05) is 29.8 Å². The molecule has 11 heteroatoms. The van der Waals surface area contributed by atoms with Crippen LogP contribution in [0.3, 0.4) is 0 Å². The molecule has 30 heavy (non-hydrogen) atoms. The first-order valence-electron chi connectivity index (χ1n) is 8.71. The van der Waals surface area contributed by atoms with E-state index in [9.17, 15) is 13.2 Å². The van der Waals surface area contributed by atoms with Crippen molar-refractivity contribution >= 4 is 39.0 Å². The minimum atomic E-state index is -3.84. The van der Waals surface area contributed by atoms with Gasteiger partial charge in [0.15, 0.2) is 11.6 Å². The Morgan fingerprint density at radius 2 is 1.70 bits per heavy atom. The molecule has 1 aromatic heterocycles. The van der Waals surface area contributed by atoms with Crippen molar-refractivity contribution in [3.8, 4) is 0 Å². The first kappa shape index (κ1) is 21.0. The number of hydrazine groups is 1. The van der Waals surface area contributed by atoms with Gasteiger partial charge in [-0.25, -0.2) is 23.2 Å². The van der Waals surface area contributed by atoms with Crippen LogP contribution in [0.1, 0.15) is 15.9 Å². The van der Waals surface area contributed by atoms with E-state index < -0.39 is 16.0 Å². The molecule has 0 radical (unpaired) electrons. The number of carbonyl (C=O) groups excluding carboxylic acids is 1. The number of hydrogen-bond acceptors (Lipinski definition) is 9. The number of benzene rings is 2. The van der Waals surface area contributed by atoms with Crippen molar-refractivity contribution in [1.29, 1.82) is 0 Å². The summed E-state index contributed by atoms with van der Waals surface area (Å²) >= 11 is 0. The average Bonchev–Trinajstić information content (AvgIpc) is 2.74. The van der Waals surface area contributed by atoms with Crippen LogP contribution in [0.15, 0.2) is 59.8 Å². The summed E-state index contributed by atoms with van der Waals surface area (Å²) < 4.78 is 29.6. The Kier molecular flexibility index (Phi) is 6.14. The normalized spacial score (nSPS) is 11.0. The van der Waals surface area contributed by atoms with Crippen molar-refractivity contribution < 1.29 is 17.9 Å². The van der Waals surface area contributed by atoms with Crippen LogP contribution in [0.2, 0.25) is 0 Å². The van der Waals surface area contributed by atoms with Gasteiger partial charge < -0.3 is 15.8 Å². The molecule has 3 rings (SSSR count). The van der Waals surface area contributed by atoms with E-state index in [2.05, 4.69) is 25.5 Å². The fourth-order valence-corrected chi connectivity index (χ4v) is 3.34. The van der Waals surface area contributed by atoms with E-state index >= 15 is 0 Å². The highest BCUT2D eigenvalue weighted by Gasteiger charge is 2.17. The minimum Gasteiger partial charge on any atom is -0.465 e. The number of sulfonamides is 1. The Labute approximate surface area is 173 Å². The molecule has 0 saturated carbocycles. The summed E-state index contributed by atoms with van der Waals surface area (Å²) in [5, 5.41) is 2.94. The number of nitrogens with zero attached hydrogens (tertiary/aromatic N) is 2. The maximum atomic E-state index is 12.4. The summed E-state index contributed by atoms with van der Waals surface area (Å²) in [4.78, 5) is 22.3. The number of nitrogen functional groups attached to an aromatic ring is 1. The number of nitrogens with one attached hydrogen (secondary N) is 3. The number of anilines is 4. The van der Waals surface area contributed by atoms with Gasteiger partial charge in [-0.3, -0.25) is 5.43 Å². The van der Waals surface area contributed by atoms with Crippen molar-refractivity contribution in [2.75, 3.05) is 23.6 Å². The molecule has 0 aliphatic carbocycles. The van der Waals surface area contributed by atoms with Crippen LogP contribution in [-0.4, -0.2) is 31.5 Å². The van der Waals surface area contributed by atoms with Crippen LogP contribution >= 0.6 is 0 Å². The van der Waals surface area contributed by atoms with Gasteiger partial charge in [0, 0.05) is 0 Å². The maximum Gasteiger partial charge on any atom is 0.339 e. The van der Waals surface area contributed by atoms with Gasteiger partial charge in [0.1, 0.15) is 12.0 Å². The molecular formula is C19H20N6O4S. The predicted molar refractivity (Wildman–Crippen MR) is 113 cm³/mol. The number of aryl methyl sites for hydroxylation is 1. The molecule has 5 N–H and O–H groups in total. The Balaban J connectivity index is 1.81. The third-order valence-electron chi connectivity index (χ3n) is 4.10. The Bertz CT molecular complexity index is 1170. The summed E-state index contributed by atoms with van der Waals surface area (Å²) in [6, 6.07) is 13.0. The third-order valence-corrected chi connectivity index (χ3v) is 5.37. The van der Waals surface area contributed by atoms with Gasteiger partial charge in [0.05, 0.1) is 23.3 Å². The number of carbonyl (C=O) groups is 1. The second-order valence-corrected chi connectivity index (χ2v) is 7.87. The minimum absolute atomic E-state index is 0.0405. The molecule has 0 unspecified atom stereocenters. The lowest BCUT2D eigenvalue weighted by atomic mass is 10.2. The molecule has 0 fully saturated rings. The zero-order valence-electron chi connectivity index (χ0n) is 16.2. The summed E-state index contributed by atoms with van der Waals surface area (Å²) in [6.45, 7) is 1.86. The van der Waals surface area contributed by atoms with Gasteiger partial charge >= 0.3 is 5.97 Å². The first-order chi connectivity index (χ1) is 14.3. The fraction of sp³-hybridized carbons (Fsp3) is 0.105. The number of aromatic nitrogens is 2. The van der Waals surface area contributed by atoms with E-state index in [-0.39, 0.29) is 27.8 Å². The molecule has 0 amide bonds. The van der Waals surface area contributed by atoms with E-state index in [1.807, 2.05) is 6.92 Å². The van der Waals surface area contributed by atoms with Crippen molar-refractivity contribution in [2.45, 2.75) is 11.8 Å². The molecule has 2 aromatic carbocycles. The second-order valence-electron chi connectivity index (χ2n) is 6.19. The number of hydrogen-bond donors (Lipinski definition) is 4. The van der Waals surface area contributed by atoms with Crippen molar-refractivity contribution in [3.63, 3.8) is 0 Å². The summed E-state index contributed by atoms with van der Waals surface area (Å²) in [7, 11) is -2.57. The average molecular weight is 428 g/mol. The van der Waals surface area contributed by atoms with Crippen LogP contribution in [0.4, 0.5) is 23.0 Å². The van der Waals surface area contributed by atoms with Gasteiger partial charge in [-0.15, -0.1) is 4.83 Å². The van der Waals surface area contributed by atoms with Crippen molar-refractivity contribution in [2.24, 2.45) is 0 Å². The quantitative estimate of drug-likeness (QED) is 0.328. The van der Waals surface area contributed by atoms with Crippen molar-refractivity contribution in [3.05, 3.63) is 66.0 Å². The molecule has 1 heterocycles. The molecule has 3 aromatic rings. The van der Waals surface area contributed by atoms with E-state index in [4.69, 9.17) is 10.5 Å². The molecule has 0 saturated heterocycles. The Morgan fingerprint density at radius 1 is 1.03 bits per heavy atom. The molecule has 10 nitrogen and oxygen atoms in total. The van der Waals surface area contributed by atoms with E-state index in [0.29, 0.717) is 5.69 Å². The lowest BCUT2D eigenvalue weighted by molar-refractivity contribution is 0.0602. The highest BCUT2D eigenvalue weighted by Crippen LogP contribution is 2.27. The first-order valence-corrected chi connectivity index (χ1v) is 10.2. The standard InChI is InChI=1S/C19H20N6O4S/c1-12-7-9-13(10-8-12)30(27,28)25-24-18-16(20)17(21-11-22-18)23-15-6-4-3-5-14(15)19(26)29-2/h3-11,25H,20H2,1-2H3,(H2,21,22,23,24). The lowest BCUT2D eigenvalue weighted by Crippen LogP contribution is -2.30. The molecule has 0 atom stereocenters. The molecular weight excluding hydrogens is 408 g/mol. The molecule has 0 aliphatic rings. The Morgan fingerprint density at radius 3 is 2.40 bits per heavy atom. The summed E-state index contributed by atoms with van der Waals surface area (Å²) in [6.07, 6.45) is 1.20. The van der Waals surface area contributed by atoms with Crippen LogP contribution in [0, 0.1) is 6.92 Å². The fourth-order valence-electron chi connectivity index (χ4n) is 2.49. The van der Waals surface area contributed by atoms with Crippen molar-refractivity contribution in [1.82, 2.24) is 14.8 Å². The Hall–Kier alpha value is -3.70. The van der Waals surface area contributed by atoms with Crippen LogP contribution in [-0.2, 0) is 14.8 Å². The highest BCUT2D eigenvalue weighted by molar-refractivity contribution is 7.89. The van der Waals surface area contributed by atoms with E-state index in [0.717, 1.165) is 5.56 Å². The number of ether oxygens (including phenoxy) is 1. The highest BCUT2D eigenvalue weighted by atomic mass is 32.2. The number of methoxy groups -OCH3 is 1. The topological polar surface area (TPSA) is 148 Å². The third kappa shape index (κ3) is 4.64. The number of rotatable bonds is 7. The maximum absolute atomic E-state index is 12.4. The number of nitrogens with two attached hydrogens (primary N) is 1. The number of para-hydroxylation sites is 1. The molecule has 0 spiro atoms. The predicted octanol–water partition coefficient (Wildman–Crippen LogP) is 2.20. The van der Waals surface area contributed by atoms with Gasteiger partial charge in [0.2, 0.25) is 0 Å². The second kappa shape index (κ2) is 8.76. The molecule has 156 valence electrons. The monoisotopic (exact) mass is 428 g/mol. The smallest absolute Gasteiger partial charge is 0.339 e. The van der Waals surface area contributed by atoms with Crippen LogP contribution < -0.4 is 21.3 Å². The molecule has 0 aliphatic heterocycles. The lowest BCUT2D eigenvalue weighted by Gasteiger charge is -2.14. The van der Waals surface area contributed by atoms with E-state index in [1.165, 1.54) is 25.6 Å². The zero-order chi connectivity index (χ0) is 21.7. The van der Waals surface area contributed by atoms with Gasteiger partial charge in [-0.2, -0.15) is 0 Å². The van der Waals surface area contributed by atoms with Gasteiger partial charge in [-0.05, 0) is 31.2 Å². The summed E-state index contributed by atoms with van der Waals surface area (Å²) in [5.74, 6) is -0.313. The SMILES string of the molecule is COC(=O)c1ccccc1Nc1ncnc(NNS(=O)(=O)c2ccc(C)cc2)c1N.